The van der Waals surface area contributed by atoms with E-state index in [0.29, 0.717) is 29.4 Å². The molecule has 1 heterocycles. The maximum atomic E-state index is 8.79. The summed E-state index contributed by atoms with van der Waals surface area (Å²) in [6.45, 7) is 0. The number of ether oxygens (including phenoxy) is 2. The molecule has 5 heteroatoms. The van der Waals surface area contributed by atoms with Gasteiger partial charge in [0.1, 0.15) is 17.3 Å². The molecule has 1 aliphatic rings. The predicted molar refractivity (Wildman–Crippen MR) is 99.8 cm³/mol. The molecule has 5 nitrogen and oxygen atoms in total. The minimum Gasteiger partial charge on any atom is -0.498 e. The largest absolute Gasteiger partial charge is 0.498 e. The Morgan fingerprint density at radius 2 is 2.08 bits per heavy atom. The summed E-state index contributed by atoms with van der Waals surface area (Å²) < 4.78 is 17.6. The minimum atomic E-state index is -0.892. The Bertz CT molecular complexity index is 931. The highest BCUT2D eigenvalue weighted by atomic mass is 16.5. The summed E-state index contributed by atoms with van der Waals surface area (Å²) in [5, 5.41) is 8.79. The lowest BCUT2D eigenvalue weighted by atomic mass is 9.85. The van der Waals surface area contributed by atoms with E-state index in [1.165, 1.54) is 6.08 Å². The number of nitrogen functional groups attached to an aromatic ring is 1. The maximum absolute atomic E-state index is 8.79. The molecule has 0 aliphatic heterocycles. The van der Waals surface area contributed by atoms with E-state index in [2.05, 4.69) is 0 Å². The fourth-order valence-electron chi connectivity index (χ4n) is 3.13. The van der Waals surface area contributed by atoms with Crippen LogP contribution in [0.15, 0.2) is 76.5 Å². The zero-order chi connectivity index (χ0) is 18.6. The monoisotopic (exact) mass is 348 g/mol. The minimum absolute atomic E-state index is 0.491. The summed E-state index contributed by atoms with van der Waals surface area (Å²) in [4.78, 5) is 0. The number of nitrogens with two attached hydrogens (primary N) is 1. The van der Waals surface area contributed by atoms with Crippen molar-refractivity contribution in [2.75, 3.05) is 20.0 Å². The molecule has 0 fully saturated rings. The van der Waals surface area contributed by atoms with Gasteiger partial charge in [-0.1, -0.05) is 18.2 Å². The van der Waals surface area contributed by atoms with E-state index in [1.807, 2.05) is 54.6 Å². The van der Waals surface area contributed by atoms with Gasteiger partial charge in [0, 0.05) is 30.9 Å². The Kier molecular flexibility index (Phi) is 4.97. The molecular weight excluding hydrogens is 328 g/mol. The topological polar surface area (TPSA) is 81.4 Å². The molecule has 0 spiro atoms. The Hall–Kier alpha value is -3.23. The van der Waals surface area contributed by atoms with Crippen LogP contribution in [0.5, 0.6) is 0 Å². The Labute approximate surface area is 152 Å². The Balaban J connectivity index is 2.02. The van der Waals surface area contributed by atoms with Crippen LogP contribution in [0.25, 0.3) is 11.3 Å². The van der Waals surface area contributed by atoms with E-state index in [1.54, 1.807) is 20.3 Å². The molecule has 1 unspecified atom stereocenters. The van der Waals surface area contributed by atoms with Crippen LogP contribution in [0.4, 0.5) is 5.69 Å². The lowest BCUT2D eigenvalue weighted by Crippen LogP contribution is -2.33. The Morgan fingerprint density at radius 3 is 2.77 bits per heavy atom. The van der Waals surface area contributed by atoms with Crippen molar-refractivity contribution in [1.82, 2.24) is 0 Å². The summed E-state index contributed by atoms with van der Waals surface area (Å²) in [7, 11) is 3.22. The van der Waals surface area contributed by atoms with Gasteiger partial charge in [-0.3, -0.25) is 0 Å². The quantitative estimate of drug-likeness (QED) is 0.643. The summed E-state index contributed by atoms with van der Waals surface area (Å²) in [6.07, 6.45) is 7.44. The van der Waals surface area contributed by atoms with Crippen molar-refractivity contribution < 1.29 is 13.9 Å². The third-order valence-corrected chi connectivity index (χ3v) is 4.42. The molecule has 26 heavy (non-hydrogen) atoms. The number of anilines is 1. The number of hydrogen-bond donors (Lipinski definition) is 1. The average Bonchev–Trinajstić information content (AvgIpc) is 3.16. The standard InChI is InChI=1S/C21H20N2O3/c1-24-19-10-8-15(5-4-12-22)14-21(19,25-2)20-11-9-18(26-20)16-6-3-7-17(23)13-16/h3-11,13H,14,23H2,1-2H3/b5-4-. The molecular formula is C21H20N2O3. The van der Waals surface area contributed by atoms with Gasteiger partial charge in [-0.15, -0.1) is 0 Å². The normalized spacial score (nSPS) is 19.7. The van der Waals surface area contributed by atoms with Gasteiger partial charge in [-0.05, 0) is 42.0 Å². The van der Waals surface area contributed by atoms with Crippen LogP contribution in [0, 0.1) is 11.3 Å². The second-order valence-electron chi connectivity index (χ2n) is 5.94. The molecule has 0 saturated heterocycles. The van der Waals surface area contributed by atoms with Crippen molar-refractivity contribution in [2.24, 2.45) is 0 Å². The van der Waals surface area contributed by atoms with Gasteiger partial charge < -0.3 is 19.6 Å². The number of furan rings is 1. The molecule has 132 valence electrons. The van der Waals surface area contributed by atoms with Gasteiger partial charge in [0.25, 0.3) is 0 Å². The first kappa shape index (κ1) is 17.6. The number of nitriles is 1. The number of nitrogens with zero attached hydrogens (tertiary/aromatic N) is 1. The first-order valence-electron chi connectivity index (χ1n) is 8.16. The van der Waals surface area contributed by atoms with E-state index in [4.69, 9.17) is 24.9 Å². The van der Waals surface area contributed by atoms with Gasteiger partial charge in [-0.2, -0.15) is 5.26 Å². The third-order valence-electron chi connectivity index (χ3n) is 4.42. The van der Waals surface area contributed by atoms with Crippen LogP contribution in [-0.4, -0.2) is 14.2 Å². The second kappa shape index (κ2) is 7.34. The summed E-state index contributed by atoms with van der Waals surface area (Å²) in [6, 6.07) is 13.3. The van der Waals surface area contributed by atoms with Crippen molar-refractivity contribution in [3.8, 4) is 17.4 Å². The van der Waals surface area contributed by atoms with E-state index in [0.717, 1.165) is 11.1 Å². The number of hydrogen-bond acceptors (Lipinski definition) is 5. The molecule has 3 rings (SSSR count). The highest BCUT2D eigenvalue weighted by molar-refractivity contribution is 5.63. The number of benzene rings is 1. The van der Waals surface area contributed by atoms with Gasteiger partial charge in [0.05, 0.1) is 13.2 Å². The van der Waals surface area contributed by atoms with E-state index in [-0.39, 0.29) is 0 Å². The number of methoxy groups -OCH3 is 2. The van der Waals surface area contributed by atoms with Crippen molar-refractivity contribution in [2.45, 2.75) is 12.0 Å². The molecule has 2 N–H and O–H groups in total. The summed E-state index contributed by atoms with van der Waals surface area (Å²) in [5.41, 5.74) is 7.48. The molecule has 0 bridgehead atoms. The summed E-state index contributed by atoms with van der Waals surface area (Å²) in [5.74, 6) is 1.96. The molecule has 0 amide bonds. The fraction of sp³-hybridized carbons (Fsp3) is 0.190. The molecule has 1 atom stereocenters. The van der Waals surface area contributed by atoms with Gasteiger partial charge in [0.2, 0.25) is 0 Å². The van der Waals surface area contributed by atoms with E-state index < -0.39 is 5.60 Å². The van der Waals surface area contributed by atoms with E-state index >= 15 is 0 Å². The van der Waals surface area contributed by atoms with Crippen molar-refractivity contribution in [3.05, 3.63) is 77.8 Å². The van der Waals surface area contributed by atoms with Crippen LogP contribution in [0.3, 0.4) is 0 Å². The lowest BCUT2D eigenvalue weighted by Gasteiger charge is -2.34. The van der Waals surface area contributed by atoms with Crippen LogP contribution >= 0.6 is 0 Å². The molecule has 1 aromatic carbocycles. The van der Waals surface area contributed by atoms with Crippen molar-refractivity contribution >= 4 is 5.69 Å². The number of allylic oxidation sites excluding steroid dienone is 4. The smallest absolute Gasteiger partial charge is 0.185 e. The zero-order valence-electron chi connectivity index (χ0n) is 14.7. The fourth-order valence-corrected chi connectivity index (χ4v) is 3.13. The average molecular weight is 348 g/mol. The SMILES string of the molecule is COC1=CC=C(/C=C\C#N)CC1(OC)c1ccc(-c2cccc(N)c2)o1. The van der Waals surface area contributed by atoms with Crippen LogP contribution in [0.2, 0.25) is 0 Å². The van der Waals surface area contributed by atoms with Crippen LogP contribution in [-0.2, 0) is 15.1 Å². The molecule has 1 aliphatic carbocycles. The highest BCUT2D eigenvalue weighted by Gasteiger charge is 2.43. The second-order valence-corrected chi connectivity index (χ2v) is 5.94. The number of rotatable bonds is 5. The van der Waals surface area contributed by atoms with Crippen molar-refractivity contribution in [1.29, 1.82) is 5.26 Å². The first-order chi connectivity index (χ1) is 12.6. The first-order valence-corrected chi connectivity index (χ1v) is 8.16. The van der Waals surface area contributed by atoms with Crippen LogP contribution < -0.4 is 5.73 Å². The lowest BCUT2D eigenvalue weighted by molar-refractivity contribution is -0.0390. The van der Waals surface area contributed by atoms with Crippen LogP contribution in [0.1, 0.15) is 12.2 Å². The molecule has 2 aromatic rings. The van der Waals surface area contributed by atoms with Gasteiger partial charge in [0.15, 0.2) is 5.60 Å². The predicted octanol–water partition coefficient (Wildman–Crippen LogP) is 4.31. The highest BCUT2D eigenvalue weighted by Crippen LogP contribution is 2.44. The van der Waals surface area contributed by atoms with Gasteiger partial charge >= 0.3 is 0 Å². The summed E-state index contributed by atoms with van der Waals surface area (Å²) >= 11 is 0. The maximum Gasteiger partial charge on any atom is 0.185 e. The molecule has 0 radical (unpaired) electrons. The van der Waals surface area contributed by atoms with Gasteiger partial charge in [-0.25, -0.2) is 0 Å². The van der Waals surface area contributed by atoms with Crippen molar-refractivity contribution in [3.63, 3.8) is 0 Å². The third kappa shape index (κ3) is 3.15. The molecule has 1 aromatic heterocycles. The Morgan fingerprint density at radius 1 is 1.23 bits per heavy atom. The molecule has 0 saturated carbocycles. The zero-order valence-corrected chi connectivity index (χ0v) is 14.7. The van der Waals surface area contributed by atoms with E-state index in [9.17, 15) is 0 Å².